The molecule has 0 radical (unpaired) electrons. The van der Waals surface area contributed by atoms with Crippen molar-refractivity contribution in [3.05, 3.63) is 42.5 Å². The summed E-state index contributed by atoms with van der Waals surface area (Å²) in [6.07, 6.45) is 4.51. The van der Waals surface area contributed by atoms with Crippen LogP contribution in [0.15, 0.2) is 31.4 Å². The molecule has 1 aromatic carbocycles. The van der Waals surface area contributed by atoms with E-state index in [1.807, 2.05) is 24.3 Å². The number of hydrogen-bond donors (Lipinski definition) is 0. The monoisotopic (exact) mass is 218 g/mol. The van der Waals surface area contributed by atoms with Crippen molar-refractivity contribution in [2.75, 3.05) is 20.3 Å². The van der Waals surface area contributed by atoms with Crippen LogP contribution in [0.3, 0.4) is 0 Å². The number of ether oxygens (including phenoxy) is 2. The molecule has 1 rings (SSSR count). The van der Waals surface area contributed by atoms with Crippen LogP contribution in [-0.4, -0.2) is 20.3 Å². The Balaban J connectivity index is 2.60. The van der Waals surface area contributed by atoms with Gasteiger partial charge in [-0.25, -0.2) is 0 Å². The molecule has 0 N–H and O–H groups in total. The first-order chi connectivity index (χ1) is 7.81. The summed E-state index contributed by atoms with van der Waals surface area (Å²) in [5.74, 6) is 0.858. The molecule has 0 spiro atoms. The first kappa shape index (κ1) is 12.5. The van der Waals surface area contributed by atoms with E-state index in [4.69, 9.17) is 9.47 Å². The molecule has 0 bridgehead atoms. The van der Waals surface area contributed by atoms with Crippen LogP contribution in [0, 0.1) is 0 Å². The number of rotatable bonds is 7. The third-order valence-corrected chi connectivity index (χ3v) is 2.26. The third kappa shape index (κ3) is 3.55. The Morgan fingerprint density at radius 2 is 1.88 bits per heavy atom. The Labute approximate surface area is 97.2 Å². The van der Waals surface area contributed by atoms with Gasteiger partial charge in [0.05, 0.1) is 6.61 Å². The van der Waals surface area contributed by atoms with Gasteiger partial charge in [-0.05, 0) is 23.3 Å². The van der Waals surface area contributed by atoms with E-state index >= 15 is 0 Å². The van der Waals surface area contributed by atoms with Crippen molar-refractivity contribution in [1.29, 1.82) is 0 Å². The molecule has 0 aromatic heterocycles. The van der Waals surface area contributed by atoms with Crippen LogP contribution >= 0.6 is 0 Å². The van der Waals surface area contributed by atoms with Gasteiger partial charge in [0.2, 0.25) is 0 Å². The lowest BCUT2D eigenvalue weighted by atomic mass is 10.1. The zero-order valence-electron chi connectivity index (χ0n) is 9.74. The fourth-order valence-corrected chi connectivity index (χ4v) is 1.40. The standard InChI is InChI=1S/C14H18O2/c1-4-12-7-8-14(11-13(12)5-2)16-10-6-9-15-3/h4-5,7-8,11H,1-2,6,9-10H2,3H3. The van der Waals surface area contributed by atoms with E-state index in [1.165, 1.54) is 0 Å². The minimum atomic E-state index is 0.665. The van der Waals surface area contributed by atoms with Crippen molar-refractivity contribution in [1.82, 2.24) is 0 Å². The van der Waals surface area contributed by atoms with Gasteiger partial charge in [-0.15, -0.1) is 0 Å². The molecule has 0 heterocycles. The van der Waals surface area contributed by atoms with Crippen LogP contribution in [0.25, 0.3) is 12.2 Å². The van der Waals surface area contributed by atoms with Gasteiger partial charge in [0.1, 0.15) is 5.75 Å². The Hall–Kier alpha value is -1.54. The summed E-state index contributed by atoms with van der Waals surface area (Å²) in [4.78, 5) is 0. The fourth-order valence-electron chi connectivity index (χ4n) is 1.40. The zero-order valence-corrected chi connectivity index (χ0v) is 9.74. The molecule has 0 amide bonds. The smallest absolute Gasteiger partial charge is 0.119 e. The first-order valence-electron chi connectivity index (χ1n) is 5.32. The lowest BCUT2D eigenvalue weighted by Gasteiger charge is -2.08. The van der Waals surface area contributed by atoms with Gasteiger partial charge in [0, 0.05) is 20.1 Å². The molecule has 2 heteroatoms. The second-order valence-corrected chi connectivity index (χ2v) is 3.39. The first-order valence-corrected chi connectivity index (χ1v) is 5.32. The predicted molar refractivity (Wildman–Crippen MR) is 68.6 cm³/mol. The van der Waals surface area contributed by atoms with Crippen LogP contribution in [-0.2, 0) is 4.74 Å². The lowest BCUT2D eigenvalue weighted by molar-refractivity contribution is 0.172. The Kier molecular flexibility index (Phi) is 5.37. The van der Waals surface area contributed by atoms with Crippen molar-refractivity contribution >= 4 is 12.2 Å². The Morgan fingerprint density at radius 1 is 1.12 bits per heavy atom. The molecule has 0 saturated carbocycles. The molecule has 16 heavy (non-hydrogen) atoms. The molecule has 0 unspecified atom stereocenters. The van der Waals surface area contributed by atoms with E-state index in [0.717, 1.165) is 29.9 Å². The normalized spacial score (nSPS) is 9.81. The highest BCUT2D eigenvalue weighted by Crippen LogP contribution is 2.19. The Morgan fingerprint density at radius 3 is 2.50 bits per heavy atom. The largest absolute Gasteiger partial charge is 0.493 e. The number of methoxy groups -OCH3 is 1. The highest BCUT2D eigenvalue weighted by molar-refractivity contribution is 5.65. The van der Waals surface area contributed by atoms with Crippen molar-refractivity contribution in [2.24, 2.45) is 0 Å². The van der Waals surface area contributed by atoms with Crippen LogP contribution in [0.2, 0.25) is 0 Å². The topological polar surface area (TPSA) is 18.5 Å². The molecule has 0 atom stereocenters. The van der Waals surface area contributed by atoms with Crippen molar-refractivity contribution in [3.63, 3.8) is 0 Å². The average Bonchev–Trinajstić information content (AvgIpc) is 2.34. The molecule has 1 aromatic rings. The summed E-state index contributed by atoms with van der Waals surface area (Å²) in [6.45, 7) is 8.90. The van der Waals surface area contributed by atoms with E-state index in [-0.39, 0.29) is 0 Å². The van der Waals surface area contributed by atoms with E-state index in [0.29, 0.717) is 6.61 Å². The highest BCUT2D eigenvalue weighted by atomic mass is 16.5. The summed E-state index contributed by atoms with van der Waals surface area (Å²) in [7, 11) is 1.69. The SMILES string of the molecule is C=Cc1ccc(OCCCOC)cc1C=C. The maximum atomic E-state index is 5.59. The predicted octanol–water partition coefficient (Wildman–Crippen LogP) is 3.39. The molecular formula is C14H18O2. The summed E-state index contributed by atoms with van der Waals surface area (Å²) in [5.41, 5.74) is 2.11. The van der Waals surface area contributed by atoms with Gasteiger partial charge in [0.25, 0.3) is 0 Å². The summed E-state index contributed by atoms with van der Waals surface area (Å²) < 4.78 is 10.5. The van der Waals surface area contributed by atoms with Crippen molar-refractivity contribution < 1.29 is 9.47 Å². The molecule has 86 valence electrons. The second kappa shape index (κ2) is 6.85. The van der Waals surface area contributed by atoms with Crippen LogP contribution in [0.1, 0.15) is 17.5 Å². The molecule has 0 aliphatic heterocycles. The highest BCUT2D eigenvalue weighted by Gasteiger charge is 1.99. The minimum Gasteiger partial charge on any atom is -0.493 e. The van der Waals surface area contributed by atoms with Gasteiger partial charge >= 0.3 is 0 Å². The van der Waals surface area contributed by atoms with E-state index in [9.17, 15) is 0 Å². The fraction of sp³-hybridized carbons (Fsp3) is 0.286. The molecule has 0 aliphatic rings. The molecular weight excluding hydrogens is 200 g/mol. The average molecular weight is 218 g/mol. The van der Waals surface area contributed by atoms with Gasteiger partial charge in [-0.3, -0.25) is 0 Å². The van der Waals surface area contributed by atoms with E-state index < -0.39 is 0 Å². The minimum absolute atomic E-state index is 0.665. The molecule has 0 saturated heterocycles. The van der Waals surface area contributed by atoms with Gasteiger partial charge in [0.15, 0.2) is 0 Å². The quantitative estimate of drug-likeness (QED) is 0.653. The molecule has 2 nitrogen and oxygen atoms in total. The lowest BCUT2D eigenvalue weighted by Crippen LogP contribution is -2.01. The number of hydrogen-bond acceptors (Lipinski definition) is 2. The maximum Gasteiger partial charge on any atom is 0.119 e. The van der Waals surface area contributed by atoms with Crippen LogP contribution in [0.5, 0.6) is 5.75 Å². The van der Waals surface area contributed by atoms with Crippen LogP contribution < -0.4 is 4.74 Å². The van der Waals surface area contributed by atoms with Gasteiger partial charge in [-0.1, -0.05) is 31.4 Å². The summed E-state index contributed by atoms with van der Waals surface area (Å²) >= 11 is 0. The van der Waals surface area contributed by atoms with Crippen molar-refractivity contribution in [3.8, 4) is 5.75 Å². The number of benzene rings is 1. The Bertz CT molecular complexity index is 356. The van der Waals surface area contributed by atoms with Gasteiger partial charge < -0.3 is 9.47 Å². The molecule has 0 aliphatic carbocycles. The van der Waals surface area contributed by atoms with E-state index in [2.05, 4.69) is 13.2 Å². The zero-order chi connectivity index (χ0) is 11.8. The second-order valence-electron chi connectivity index (χ2n) is 3.39. The van der Waals surface area contributed by atoms with Crippen LogP contribution in [0.4, 0.5) is 0 Å². The van der Waals surface area contributed by atoms with E-state index in [1.54, 1.807) is 13.2 Å². The van der Waals surface area contributed by atoms with Gasteiger partial charge in [-0.2, -0.15) is 0 Å². The van der Waals surface area contributed by atoms with Crippen molar-refractivity contribution in [2.45, 2.75) is 6.42 Å². The molecule has 0 fully saturated rings. The summed E-state index contributed by atoms with van der Waals surface area (Å²) in [6, 6.07) is 5.89. The summed E-state index contributed by atoms with van der Waals surface area (Å²) in [5, 5.41) is 0. The maximum absolute atomic E-state index is 5.59. The third-order valence-electron chi connectivity index (χ3n) is 2.26.